The van der Waals surface area contributed by atoms with Crippen molar-refractivity contribution in [1.82, 2.24) is 4.98 Å². The minimum absolute atomic E-state index is 0.0100. The van der Waals surface area contributed by atoms with Gasteiger partial charge < -0.3 is 5.73 Å². The molecule has 2 aromatic rings. The van der Waals surface area contributed by atoms with E-state index < -0.39 is 9.05 Å². The fraction of sp³-hybridized carbons (Fsp3) is 0.214. The second-order valence-electron chi connectivity index (χ2n) is 4.57. The third-order valence-corrected chi connectivity index (χ3v) is 4.50. The van der Waals surface area contributed by atoms with E-state index in [1.165, 1.54) is 12.3 Å². The number of halogens is 1. The number of hydrogen-bond acceptors (Lipinski definition) is 4. The molecule has 1 aromatic heterocycles. The molecule has 0 saturated carbocycles. The lowest BCUT2D eigenvalue weighted by Gasteiger charge is -2.11. The van der Waals surface area contributed by atoms with Crippen molar-refractivity contribution in [2.45, 2.75) is 25.2 Å². The van der Waals surface area contributed by atoms with Crippen molar-refractivity contribution in [2.24, 2.45) is 0 Å². The molecule has 2 N–H and O–H groups in total. The van der Waals surface area contributed by atoms with Gasteiger partial charge in [-0.05, 0) is 48.2 Å². The molecule has 0 aliphatic carbocycles. The Morgan fingerprint density at radius 1 is 1.20 bits per heavy atom. The fourth-order valence-electron chi connectivity index (χ4n) is 2.04. The SMILES string of the molecule is CCc1cc(-c2cncc(S(=O)(=O)Cl)c2)cc(C)c1N. The zero-order valence-electron chi connectivity index (χ0n) is 11.2. The summed E-state index contributed by atoms with van der Waals surface area (Å²) in [7, 11) is 1.56. The molecule has 0 atom stereocenters. The number of aromatic nitrogens is 1. The maximum atomic E-state index is 11.4. The van der Waals surface area contributed by atoms with Gasteiger partial charge in [0, 0.05) is 34.3 Å². The van der Waals surface area contributed by atoms with Gasteiger partial charge in [-0.15, -0.1) is 0 Å². The van der Waals surface area contributed by atoms with Crippen molar-refractivity contribution in [1.29, 1.82) is 0 Å². The first-order valence-electron chi connectivity index (χ1n) is 6.12. The molecule has 0 amide bonds. The molecule has 20 heavy (non-hydrogen) atoms. The van der Waals surface area contributed by atoms with Gasteiger partial charge in [-0.1, -0.05) is 6.92 Å². The standard InChI is InChI=1S/C14H15ClN2O2S/c1-3-10-5-11(4-9(2)14(10)16)12-6-13(8-17-7-12)20(15,18)19/h4-8H,3,16H2,1-2H3. The molecule has 106 valence electrons. The van der Waals surface area contributed by atoms with Crippen LogP contribution in [-0.4, -0.2) is 13.4 Å². The van der Waals surface area contributed by atoms with Gasteiger partial charge in [-0.25, -0.2) is 8.42 Å². The molecule has 0 bridgehead atoms. The van der Waals surface area contributed by atoms with Gasteiger partial charge in [0.25, 0.3) is 9.05 Å². The molecule has 0 saturated heterocycles. The van der Waals surface area contributed by atoms with Crippen molar-refractivity contribution in [3.63, 3.8) is 0 Å². The van der Waals surface area contributed by atoms with Gasteiger partial charge >= 0.3 is 0 Å². The number of pyridine rings is 1. The molecule has 1 heterocycles. The molecule has 2 rings (SSSR count). The molecule has 0 unspecified atom stereocenters. The van der Waals surface area contributed by atoms with Crippen molar-refractivity contribution in [2.75, 3.05) is 5.73 Å². The lowest BCUT2D eigenvalue weighted by atomic mass is 9.98. The molecular weight excluding hydrogens is 296 g/mol. The lowest BCUT2D eigenvalue weighted by Crippen LogP contribution is -1.98. The third-order valence-electron chi connectivity index (χ3n) is 3.18. The summed E-state index contributed by atoms with van der Waals surface area (Å²) in [5.41, 5.74) is 10.3. The van der Waals surface area contributed by atoms with Gasteiger partial charge in [0.15, 0.2) is 0 Å². The molecular formula is C14H15ClN2O2S. The van der Waals surface area contributed by atoms with Crippen LogP contribution >= 0.6 is 10.7 Å². The van der Waals surface area contributed by atoms with Crippen molar-refractivity contribution in [3.8, 4) is 11.1 Å². The third kappa shape index (κ3) is 2.94. The van der Waals surface area contributed by atoms with Crippen LogP contribution in [0.25, 0.3) is 11.1 Å². The molecule has 6 heteroatoms. The first kappa shape index (κ1) is 14.8. The molecule has 0 spiro atoms. The second kappa shape index (κ2) is 5.42. The van der Waals surface area contributed by atoms with Crippen LogP contribution in [0.3, 0.4) is 0 Å². The number of hydrogen-bond donors (Lipinski definition) is 1. The minimum atomic E-state index is -3.78. The molecule has 1 aromatic carbocycles. The van der Waals surface area contributed by atoms with Gasteiger partial charge in [0.05, 0.1) is 0 Å². The molecule has 0 aliphatic heterocycles. The van der Waals surface area contributed by atoms with Crippen LogP contribution in [0.4, 0.5) is 5.69 Å². The van der Waals surface area contributed by atoms with E-state index in [1.807, 2.05) is 26.0 Å². The number of rotatable bonds is 3. The predicted molar refractivity (Wildman–Crippen MR) is 81.2 cm³/mol. The Kier molecular flexibility index (Phi) is 4.01. The van der Waals surface area contributed by atoms with Crippen LogP contribution < -0.4 is 5.73 Å². The van der Waals surface area contributed by atoms with Gasteiger partial charge in [-0.3, -0.25) is 4.98 Å². The van der Waals surface area contributed by atoms with Gasteiger partial charge in [0.2, 0.25) is 0 Å². The molecule has 4 nitrogen and oxygen atoms in total. The van der Waals surface area contributed by atoms with E-state index in [9.17, 15) is 8.42 Å². The quantitative estimate of drug-likeness (QED) is 0.698. The molecule has 0 fully saturated rings. The van der Waals surface area contributed by atoms with E-state index in [0.717, 1.165) is 28.8 Å². The summed E-state index contributed by atoms with van der Waals surface area (Å²) in [5, 5.41) is 0. The van der Waals surface area contributed by atoms with Gasteiger partial charge in [0.1, 0.15) is 4.90 Å². The summed E-state index contributed by atoms with van der Waals surface area (Å²) in [6, 6.07) is 5.37. The second-order valence-corrected chi connectivity index (χ2v) is 7.13. The molecule has 0 aliphatic rings. The first-order valence-corrected chi connectivity index (χ1v) is 8.43. The van der Waals surface area contributed by atoms with Crippen LogP contribution in [0.15, 0.2) is 35.5 Å². The number of anilines is 1. The highest BCUT2D eigenvalue weighted by Crippen LogP contribution is 2.28. The van der Waals surface area contributed by atoms with Crippen LogP contribution in [-0.2, 0) is 15.5 Å². The average molecular weight is 311 g/mol. The predicted octanol–water partition coefficient (Wildman–Crippen LogP) is 3.13. The topological polar surface area (TPSA) is 73.0 Å². The van der Waals surface area contributed by atoms with E-state index in [4.69, 9.17) is 16.4 Å². The number of nitrogens with zero attached hydrogens (tertiary/aromatic N) is 1. The number of aryl methyl sites for hydroxylation is 2. The van der Waals surface area contributed by atoms with E-state index in [1.54, 1.807) is 6.20 Å². The maximum Gasteiger partial charge on any atom is 0.262 e. The van der Waals surface area contributed by atoms with Gasteiger partial charge in [-0.2, -0.15) is 0 Å². The average Bonchev–Trinajstić information content (AvgIpc) is 2.41. The fourth-order valence-corrected chi connectivity index (χ4v) is 2.75. The van der Waals surface area contributed by atoms with E-state index in [0.29, 0.717) is 5.56 Å². The van der Waals surface area contributed by atoms with Crippen LogP contribution in [0.2, 0.25) is 0 Å². The Hall–Kier alpha value is -1.59. The summed E-state index contributed by atoms with van der Waals surface area (Å²) in [6.45, 7) is 3.94. The van der Waals surface area contributed by atoms with Crippen molar-refractivity contribution < 1.29 is 8.42 Å². The zero-order valence-corrected chi connectivity index (χ0v) is 12.8. The highest BCUT2D eigenvalue weighted by molar-refractivity contribution is 8.13. The van der Waals surface area contributed by atoms with E-state index >= 15 is 0 Å². The highest BCUT2D eigenvalue weighted by Gasteiger charge is 2.13. The Morgan fingerprint density at radius 3 is 2.50 bits per heavy atom. The Balaban J connectivity index is 2.60. The lowest BCUT2D eigenvalue weighted by molar-refractivity contribution is 0.609. The van der Waals surface area contributed by atoms with Crippen molar-refractivity contribution >= 4 is 25.4 Å². The molecule has 0 radical (unpaired) electrons. The van der Waals surface area contributed by atoms with Crippen LogP contribution in [0, 0.1) is 6.92 Å². The number of nitrogen functional groups attached to an aromatic ring is 1. The first-order chi connectivity index (χ1) is 9.32. The maximum absolute atomic E-state index is 11.4. The van der Waals surface area contributed by atoms with E-state index in [2.05, 4.69) is 4.98 Å². The number of benzene rings is 1. The number of nitrogens with two attached hydrogens (primary N) is 1. The normalized spacial score (nSPS) is 11.6. The van der Waals surface area contributed by atoms with E-state index in [-0.39, 0.29) is 4.90 Å². The smallest absolute Gasteiger partial charge is 0.262 e. The Labute approximate surface area is 123 Å². The monoisotopic (exact) mass is 310 g/mol. The minimum Gasteiger partial charge on any atom is -0.398 e. The highest BCUT2D eigenvalue weighted by atomic mass is 35.7. The Bertz CT molecular complexity index is 758. The summed E-state index contributed by atoms with van der Waals surface area (Å²) in [4.78, 5) is 3.93. The van der Waals surface area contributed by atoms with Crippen molar-refractivity contribution in [3.05, 3.63) is 41.7 Å². The zero-order chi connectivity index (χ0) is 14.9. The summed E-state index contributed by atoms with van der Waals surface area (Å²) in [6.07, 6.45) is 3.65. The summed E-state index contributed by atoms with van der Waals surface area (Å²) in [5.74, 6) is 0. The Morgan fingerprint density at radius 2 is 1.90 bits per heavy atom. The summed E-state index contributed by atoms with van der Waals surface area (Å²) < 4.78 is 22.7. The van der Waals surface area contributed by atoms with Crippen LogP contribution in [0.5, 0.6) is 0 Å². The largest absolute Gasteiger partial charge is 0.398 e. The summed E-state index contributed by atoms with van der Waals surface area (Å²) >= 11 is 0. The van der Waals surface area contributed by atoms with Crippen LogP contribution in [0.1, 0.15) is 18.1 Å².